The van der Waals surface area contributed by atoms with E-state index in [1.54, 1.807) is 23.7 Å². The molecular weight excluding hydrogens is 370 g/mol. The molecule has 0 spiro atoms. The van der Waals surface area contributed by atoms with E-state index in [2.05, 4.69) is 9.88 Å². The molecule has 0 bridgehead atoms. The zero-order valence-electron chi connectivity index (χ0n) is 16.2. The van der Waals surface area contributed by atoms with Crippen molar-refractivity contribution in [2.45, 2.75) is 30.7 Å². The fourth-order valence-corrected chi connectivity index (χ4v) is 5.91. The highest BCUT2D eigenvalue weighted by molar-refractivity contribution is 7.89. The molecule has 0 aliphatic carbocycles. The summed E-state index contributed by atoms with van der Waals surface area (Å²) in [5, 5.41) is 1.75. The molecule has 4 rings (SSSR count). The number of aromatic nitrogens is 1. The molecule has 0 radical (unpaired) electrons. The minimum absolute atomic E-state index is 0.00135. The Balaban J connectivity index is 1.59. The van der Waals surface area contributed by atoms with E-state index in [4.69, 9.17) is 0 Å². The van der Waals surface area contributed by atoms with Crippen LogP contribution in [-0.2, 0) is 10.0 Å². The normalized spacial score (nSPS) is 16.0. The molecule has 2 aromatic carbocycles. The van der Waals surface area contributed by atoms with Crippen LogP contribution in [0, 0.1) is 6.92 Å². The molecule has 1 aliphatic rings. The predicted molar refractivity (Wildman–Crippen MR) is 113 cm³/mol. The van der Waals surface area contributed by atoms with Gasteiger partial charge < -0.3 is 4.90 Å². The summed E-state index contributed by atoms with van der Waals surface area (Å²) in [6.45, 7) is 3.55. The van der Waals surface area contributed by atoms with Gasteiger partial charge >= 0.3 is 0 Å². The van der Waals surface area contributed by atoms with Crippen LogP contribution in [0.15, 0.2) is 65.8 Å². The maximum Gasteiger partial charge on any atom is 0.243 e. The highest BCUT2D eigenvalue weighted by Crippen LogP contribution is 2.31. The third-order valence-corrected chi connectivity index (χ3v) is 7.83. The lowest BCUT2D eigenvalue weighted by atomic mass is 10.0. The molecule has 2 heterocycles. The first-order valence-corrected chi connectivity index (χ1v) is 11.0. The summed E-state index contributed by atoms with van der Waals surface area (Å²) in [4.78, 5) is 6.80. The highest BCUT2D eigenvalue weighted by atomic mass is 32.2. The van der Waals surface area contributed by atoms with Crippen molar-refractivity contribution >= 4 is 26.5 Å². The van der Waals surface area contributed by atoms with Crippen LogP contribution in [0.3, 0.4) is 0 Å². The van der Waals surface area contributed by atoms with Crippen LogP contribution >= 0.6 is 0 Å². The maximum atomic E-state index is 13.5. The van der Waals surface area contributed by atoms with Crippen molar-refractivity contribution < 1.29 is 8.42 Å². The van der Waals surface area contributed by atoms with Gasteiger partial charge in [0.05, 0.1) is 4.90 Å². The zero-order valence-corrected chi connectivity index (χ0v) is 17.1. The molecule has 146 valence electrons. The smallest absolute Gasteiger partial charge is 0.243 e. The van der Waals surface area contributed by atoms with Crippen molar-refractivity contribution in [2.24, 2.45) is 0 Å². The van der Waals surface area contributed by atoms with E-state index in [0.29, 0.717) is 4.90 Å². The van der Waals surface area contributed by atoms with Gasteiger partial charge in [0.2, 0.25) is 10.0 Å². The van der Waals surface area contributed by atoms with Crippen LogP contribution in [-0.4, -0.2) is 43.9 Å². The fourth-order valence-electron chi connectivity index (χ4n) is 4.08. The topological polar surface area (TPSA) is 53.5 Å². The number of fused-ring (bicyclic) bond motifs is 1. The lowest BCUT2D eigenvalue weighted by Gasteiger charge is -2.37. The molecule has 1 fully saturated rings. The number of benzene rings is 2. The Morgan fingerprint density at radius 1 is 1.00 bits per heavy atom. The van der Waals surface area contributed by atoms with E-state index in [1.807, 2.05) is 55.5 Å². The van der Waals surface area contributed by atoms with E-state index in [9.17, 15) is 8.42 Å². The predicted octanol–water partition coefficient (Wildman–Crippen LogP) is 3.83. The molecule has 5 nitrogen and oxygen atoms in total. The Morgan fingerprint density at radius 3 is 2.39 bits per heavy atom. The third kappa shape index (κ3) is 3.38. The molecule has 1 saturated heterocycles. The number of nitrogens with zero attached hydrogens (tertiary/aromatic N) is 3. The van der Waals surface area contributed by atoms with Crippen molar-refractivity contribution in [3.63, 3.8) is 0 Å². The molecule has 0 unspecified atom stereocenters. The van der Waals surface area contributed by atoms with E-state index in [-0.39, 0.29) is 6.04 Å². The molecule has 0 amide bonds. The number of pyridine rings is 1. The van der Waals surface area contributed by atoms with Crippen LogP contribution in [0.4, 0.5) is 5.69 Å². The minimum atomic E-state index is -3.57. The Bertz CT molecular complexity index is 1080. The van der Waals surface area contributed by atoms with Gasteiger partial charge in [-0.2, -0.15) is 4.31 Å². The first kappa shape index (κ1) is 18.9. The summed E-state index contributed by atoms with van der Waals surface area (Å²) in [6, 6.07) is 15.6. The summed E-state index contributed by atoms with van der Waals surface area (Å²) in [7, 11) is -1.85. The van der Waals surface area contributed by atoms with Crippen molar-refractivity contribution in [1.82, 2.24) is 9.29 Å². The van der Waals surface area contributed by atoms with Crippen LogP contribution in [0.1, 0.15) is 18.4 Å². The monoisotopic (exact) mass is 395 g/mol. The van der Waals surface area contributed by atoms with Crippen LogP contribution in [0.2, 0.25) is 0 Å². The summed E-state index contributed by atoms with van der Waals surface area (Å²) in [6.07, 6.45) is 5.20. The van der Waals surface area contributed by atoms with Gasteiger partial charge in [-0.05, 0) is 42.8 Å². The Kier molecular flexibility index (Phi) is 5.08. The molecule has 0 atom stereocenters. The van der Waals surface area contributed by atoms with Gasteiger partial charge in [0, 0.05) is 49.6 Å². The fraction of sp³-hybridized carbons (Fsp3) is 0.318. The molecule has 28 heavy (non-hydrogen) atoms. The van der Waals surface area contributed by atoms with Crippen molar-refractivity contribution in [3.05, 3.63) is 66.5 Å². The van der Waals surface area contributed by atoms with Gasteiger partial charge in [-0.25, -0.2) is 8.42 Å². The van der Waals surface area contributed by atoms with Crippen molar-refractivity contribution in [3.8, 4) is 0 Å². The lowest BCUT2D eigenvalue weighted by molar-refractivity contribution is 0.312. The Hall–Kier alpha value is -2.44. The van der Waals surface area contributed by atoms with Gasteiger partial charge in [-0.1, -0.05) is 36.4 Å². The molecule has 0 saturated carbocycles. The molecular formula is C22H25N3O2S. The second kappa shape index (κ2) is 7.53. The SMILES string of the molecule is Cc1ccc2ccccc2c1S(=O)(=O)N(C)C1CCN(c2ccncc2)CC1. The second-order valence-corrected chi connectivity index (χ2v) is 9.31. The number of rotatable bonds is 4. The summed E-state index contributed by atoms with van der Waals surface area (Å²) < 4.78 is 28.6. The molecule has 1 aromatic heterocycles. The molecule has 1 aliphatic heterocycles. The van der Waals surface area contributed by atoms with E-state index in [1.165, 1.54) is 0 Å². The molecule has 0 N–H and O–H groups in total. The average Bonchev–Trinajstić information content (AvgIpc) is 2.73. The van der Waals surface area contributed by atoms with Crippen molar-refractivity contribution in [2.75, 3.05) is 25.0 Å². The van der Waals surface area contributed by atoms with Crippen LogP contribution < -0.4 is 4.90 Å². The summed E-state index contributed by atoms with van der Waals surface area (Å²) in [5.41, 5.74) is 1.93. The van der Waals surface area contributed by atoms with E-state index >= 15 is 0 Å². The molecule has 3 aromatic rings. The lowest BCUT2D eigenvalue weighted by Crippen LogP contribution is -2.45. The number of hydrogen-bond acceptors (Lipinski definition) is 4. The van der Waals surface area contributed by atoms with Gasteiger partial charge in [0.1, 0.15) is 0 Å². The Morgan fingerprint density at radius 2 is 1.68 bits per heavy atom. The number of aryl methyl sites for hydroxylation is 1. The first-order valence-electron chi connectivity index (χ1n) is 9.60. The maximum absolute atomic E-state index is 13.5. The zero-order chi connectivity index (χ0) is 19.7. The standard InChI is InChI=1S/C22H25N3O2S/c1-17-7-8-18-5-3-4-6-21(18)22(17)28(26,27)24(2)19-11-15-25(16-12-19)20-9-13-23-14-10-20/h3-10,13-14,19H,11-12,15-16H2,1-2H3. The van der Waals surface area contributed by atoms with Gasteiger partial charge in [0.15, 0.2) is 0 Å². The quantitative estimate of drug-likeness (QED) is 0.674. The number of piperidine rings is 1. The van der Waals surface area contributed by atoms with Gasteiger partial charge in [-0.15, -0.1) is 0 Å². The third-order valence-electron chi connectivity index (χ3n) is 5.72. The first-order chi connectivity index (χ1) is 13.5. The summed E-state index contributed by atoms with van der Waals surface area (Å²) >= 11 is 0. The second-order valence-electron chi connectivity index (χ2n) is 7.38. The van der Waals surface area contributed by atoms with E-state index in [0.717, 1.165) is 48.0 Å². The van der Waals surface area contributed by atoms with Crippen LogP contribution in [0.25, 0.3) is 10.8 Å². The minimum Gasteiger partial charge on any atom is -0.371 e. The number of sulfonamides is 1. The van der Waals surface area contributed by atoms with Gasteiger partial charge in [-0.3, -0.25) is 4.98 Å². The van der Waals surface area contributed by atoms with E-state index < -0.39 is 10.0 Å². The average molecular weight is 396 g/mol. The summed E-state index contributed by atoms with van der Waals surface area (Å²) in [5.74, 6) is 0. The van der Waals surface area contributed by atoms with Crippen LogP contribution in [0.5, 0.6) is 0 Å². The Labute approximate surface area is 166 Å². The highest BCUT2D eigenvalue weighted by Gasteiger charge is 2.32. The number of hydrogen-bond donors (Lipinski definition) is 0. The number of anilines is 1. The largest absolute Gasteiger partial charge is 0.371 e. The van der Waals surface area contributed by atoms with Crippen molar-refractivity contribution in [1.29, 1.82) is 0 Å². The van der Waals surface area contributed by atoms with Gasteiger partial charge in [0.25, 0.3) is 0 Å². The molecule has 6 heteroatoms.